The number of carbonyl (C=O) groups excluding carboxylic acids is 1. The van der Waals surface area contributed by atoms with Crippen LogP contribution < -0.4 is 18.9 Å². The summed E-state index contributed by atoms with van der Waals surface area (Å²) in [6, 6.07) is 10.7. The first-order valence-electron chi connectivity index (χ1n) is 9.20. The lowest BCUT2D eigenvalue weighted by Gasteiger charge is -2.24. The van der Waals surface area contributed by atoms with Crippen molar-refractivity contribution in [2.75, 3.05) is 35.0 Å². The first-order chi connectivity index (χ1) is 14.5. The molecule has 0 aromatic heterocycles. The van der Waals surface area contributed by atoms with Crippen LogP contribution in [0.5, 0.6) is 23.0 Å². The highest BCUT2D eigenvalue weighted by Crippen LogP contribution is 2.43. The van der Waals surface area contributed by atoms with Crippen LogP contribution in [0, 0.1) is 11.3 Å². The van der Waals surface area contributed by atoms with Crippen LogP contribution in [0.15, 0.2) is 30.3 Å². The van der Waals surface area contributed by atoms with Crippen molar-refractivity contribution in [3.63, 3.8) is 0 Å². The van der Waals surface area contributed by atoms with E-state index in [-0.39, 0.29) is 13.0 Å². The van der Waals surface area contributed by atoms with E-state index in [0.29, 0.717) is 39.7 Å². The number of nitrogens with zero attached hydrogens (tertiary/aromatic N) is 1. The van der Waals surface area contributed by atoms with E-state index in [9.17, 15) is 10.1 Å². The van der Waals surface area contributed by atoms with Crippen LogP contribution in [-0.2, 0) is 15.9 Å². The molecule has 0 N–H and O–H groups in total. The summed E-state index contributed by atoms with van der Waals surface area (Å²) in [5, 5.41) is 9.31. The summed E-state index contributed by atoms with van der Waals surface area (Å²) < 4.78 is 32.3. The van der Waals surface area contributed by atoms with Gasteiger partial charge in [0.15, 0.2) is 29.1 Å². The molecule has 30 heavy (non-hydrogen) atoms. The zero-order valence-corrected chi connectivity index (χ0v) is 17.7. The van der Waals surface area contributed by atoms with Crippen molar-refractivity contribution in [1.82, 2.24) is 0 Å². The molecule has 0 saturated carbocycles. The molecule has 0 aliphatic rings. The lowest BCUT2D eigenvalue weighted by atomic mass is 9.93. The van der Waals surface area contributed by atoms with Crippen LogP contribution >= 0.6 is 0 Å². The predicted molar refractivity (Wildman–Crippen MR) is 108 cm³/mol. The number of hydrogen-bond acceptors (Lipinski definition) is 8. The third-order valence-electron chi connectivity index (χ3n) is 4.39. The van der Waals surface area contributed by atoms with Gasteiger partial charge >= 0.3 is 6.16 Å². The average Bonchev–Trinajstić information content (AvgIpc) is 2.77. The molecule has 1 unspecified atom stereocenters. The molecule has 0 radical (unpaired) electrons. The first kappa shape index (κ1) is 22.7. The summed E-state index contributed by atoms with van der Waals surface area (Å²) in [7, 11) is 6.02. The molecule has 8 heteroatoms. The molecule has 2 aromatic rings. The number of hydrogen-bond donors (Lipinski definition) is 0. The fraction of sp³-hybridized carbons (Fsp3) is 0.364. The van der Waals surface area contributed by atoms with Gasteiger partial charge in [-0.2, -0.15) is 5.26 Å². The van der Waals surface area contributed by atoms with Gasteiger partial charge in [0.05, 0.1) is 47.5 Å². The fourth-order valence-electron chi connectivity index (χ4n) is 3.08. The van der Waals surface area contributed by atoms with Gasteiger partial charge in [0.2, 0.25) is 0 Å². The zero-order valence-electron chi connectivity index (χ0n) is 17.7. The number of ether oxygens (including phenoxy) is 6. The smallest absolute Gasteiger partial charge is 0.493 e. The second-order valence-electron chi connectivity index (χ2n) is 6.00. The lowest BCUT2D eigenvalue weighted by Crippen LogP contribution is -2.17. The molecular formula is C22H25NO7. The van der Waals surface area contributed by atoms with Crippen molar-refractivity contribution in [2.45, 2.75) is 19.4 Å². The van der Waals surface area contributed by atoms with Crippen molar-refractivity contribution in [3.05, 3.63) is 47.0 Å². The molecule has 0 aliphatic carbocycles. The third kappa shape index (κ3) is 4.87. The third-order valence-corrected chi connectivity index (χ3v) is 4.39. The quantitative estimate of drug-likeness (QED) is 0.566. The van der Waals surface area contributed by atoms with Gasteiger partial charge in [-0.15, -0.1) is 0 Å². The average molecular weight is 415 g/mol. The van der Waals surface area contributed by atoms with E-state index in [4.69, 9.17) is 28.4 Å². The van der Waals surface area contributed by atoms with E-state index in [1.807, 2.05) is 0 Å². The van der Waals surface area contributed by atoms with E-state index in [0.717, 1.165) is 0 Å². The highest BCUT2D eigenvalue weighted by molar-refractivity contribution is 5.63. The topological polar surface area (TPSA) is 96.2 Å². The van der Waals surface area contributed by atoms with Crippen molar-refractivity contribution < 1.29 is 33.2 Å². The van der Waals surface area contributed by atoms with Crippen molar-refractivity contribution in [1.29, 1.82) is 5.26 Å². The summed E-state index contributed by atoms with van der Waals surface area (Å²) in [4.78, 5) is 12.3. The van der Waals surface area contributed by atoms with Gasteiger partial charge in [-0.3, -0.25) is 0 Å². The highest BCUT2D eigenvalue weighted by Gasteiger charge is 2.29. The van der Waals surface area contributed by atoms with Crippen molar-refractivity contribution >= 4 is 6.16 Å². The van der Waals surface area contributed by atoms with Crippen LogP contribution in [0.3, 0.4) is 0 Å². The molecule has 8 nitrogen and oxygen atoms in total. The molecule has 0 saturated heterocycles. The van der Waals surface area contributed by atoms with Crippen LogP contribution in [0.4, 0.5) is 4.79 Å². The number of nitriles is 1. The molecule has 0 fully saturated rings. The maximum atomic E-state index is 12.3. The largest absolute Gasteiger partial charge is 0.509 e. The summed E-state index contributed by atoms with van der Waals surface area (Å²) >= 11 is 0. The second-order valence-corrected chi connectivity index (χ2v) is 6.00. The van der Waals surface area contributed by atoms with Gasteiger partial charge in [0.1, 0.15) is 0 Å². The Morgan fingerprint density at radius 3 is 2.20 bits per heavy atom. The predicted octanol–water partition coefficient (Wildman–Crippen LogP) is 4.05. The van der Waals surface area contributed by atoms with E-state index in [1.54, 1.807) is 37.3 Å². The Morgan fingerprint density at radius 2 is 1.63 bits per heavy atom. The summed E-state index contributed by atoms with van der Waals surface area (Å²) in [6.07, 6.45) is -1.73. The minimum absolute atomic E-state index is 0.0751. The van der Waals surface area contributed by atoms with E-state index in [1.165, 1.54) is 28.4 Å². The molecule has 0 bridgehead atoms. The molecular weight excluding hydrogens is 390 g/mol. The number of methoxy groups -OCH3 is 4. The Bertz CT molecular complexity index is 920. The maximum absolute atomic E-state index is 12.3. The summed E-state index contributed by atoms with van der Waals surface area (Å²) in [5.41, 5.74) is 1.68. The zero-order chi connectivity index (χ0) is 22.1. The number of benzene rings is 2. The van der Waals surface area contributed by atoms with Crippen molar-refractivity contribution in [3.8, 4) is 29.1 Å². The van der Waals surface area contributed by atoms with Crippen LogP contribution in [0.2, 0.25) is 0 Å². The van der Waals surface area contributed by atoms with E-state index in [2.05, 4.69) is 6.07 Å². The molecule has 0 amide bonds. The Kier molecular flexibility index (Phi) is 8.18. The van der Waals surface area contributed by atoms with Crippen LogP contribution in [0.25, 0.3) is 0 Å². The first-order valence-corrected chi connectivity index (χ1v) is 9.20. The number of carbonyl (C=O) groups is 1. The molecule has 1 atom stereocenters. The van der Waals surface area contributed by atoms with Gasteiger partial charge in [-0.05, 0) is 30.7 Å². The van der Waals surface area contributed by atoms with Gasteiger partial charge in [-0.1, -0.05) is 12.1 Å². The molecule has 0 spiro atoms. The highest BCUT2D eigenvalue weighted by atomic mass is 16.7. The molecule has 2 rings (SSSR count). The van der Waals surface area contributed by atoms with Gasteiger partial charge in [0, 0.05) is 11.1 Å². The fourth-order valence-corrected chi connectivity index (χ4v) is 3.08. The van der Waals surface area contributed by atoms with Crippen LogP contribution in [0.1, 0.15) is 29.7 Å². The second kappa shape index (κ2) is 10.8. The maximum Gasteiger partial charge on any atom is 0.509 e. The molecule has 0 heterocycles. The summed E-state index contributed by atoms with van der Waals surface area (Å²) in [5.74, 6) is 1.77. The Hall–Kier alpha value is -3.60. The number of rotatable bonds is 9. The Balaban J connectivity index is 2.75. The van der Waals surface area contributed by atoms with Crippen molar-refractivity contribution in [2.24, 2.45) is 0 Å². The minimum atomic E-state index is -0.947. The molecule has 0 aliphatic heterocycles. The molecule has 2 aromatic carbocycles. The molecule has 160 valence electrons. The van der Waals surface area contributed by atoms with E-state index < -0.39 is 12.3 Å². The van der Waals surface area contributed by atoms with Gasteiger partial charge < -0.3 is 28.4 Å². The van der Waals surface area contributed by atoms with E-state index >= 15 is 0 Å². The minimum Gasteiger partial charge on any atom is -0.493 e. The standard InChI is InChI=1S/C22H25NO7/c1-6-29-22(24)30-20(15-8-9-16(25-2)18(13-15)27-4)19-14(11-12-23)7-10-17(26-3)21(19)28-5/h7-10,13,20H,6,11H2,1-5H3. The Morgan fingerprint density at radius 1 is 0.967 bits per heavy atom. The van der Waals surface area contributed by atoms with Gasteiger partial charge in [-0.25, -0.2) is 4.79 Å². The van der Waals surface area contributed by atoms with Gasteiger partial charge in [0.25, 0.3) is 0 Å². The lowest BCUT2D eigenvalue weighted by molar-refractivity contribution is 0.0369. The summed E-state index contributed by atoms with van der Waals surface area (Å²) in [6.45, 7) is 1.83. The monoisotopic (exact) mass is 415 g/mol. The normalized spacial score (nSPS) is 11.1. The van der Waals surface area contributed by atoms with Crippen LogP contribution in [-0.4, -0.2) is 41.2 Å². The SMILES string of the molecule is CCOC(=O)OC(c1ccc(OC)c(OC)c1)c1c(CC#N)ccc(OC)c1OC. The Labute approximate surface area is 175 Å².